The number of allylic oxidation sites excluding steroid dienone is 1. The van der Waals surface area contributed by atoms with Crippen molar-refractivity contribution in [3.8, 4) is 0 Å². The number of hydrogen-bond donors (Lipinski definition) is 0. The Bertz CT molecular complexity index is 625. The van der Waals surface area contributed by atoms with Crippen molar-refractivity contribution in [2.24, 2.45) is 0 Å². The second kappa shape index (κ2) is 7.12. The van der Waals surface area contributed by atoms with E-state index in [-0.39, 0.29) is 12.3 Å². The molecule has 0 N–H and O–H groups in total. The minimum atomic E-state index is 0.110. The average Bonchev–Trinajstić information content (AvgIpc) is 2.89. The molecule has 2 aromatic carbocycles. The lowest BCUT2D eigenvalue weighted by Gasteiger charge is -2.24. The first-order valence-electron chi connectivity index (χ1n) is 8.30. The van der Waals surface area contributed by atoms with Gasteiger partial charge in [-0.2, -0.15) is 0 Å². The first-order valence-corrected chi connectivity index (χ1v) is 8.30. The minimum Gasteiger partial charge on any atom is -0.354 e. The third-order valence-corrected chi connectivity index (χ3v) is 4.93. The minimum absolute atomic E-state index is 0.110. The predicted octanol–water partition coefficient (Wildman–Crippen LogP) is 4.76. The zero-order chi connectivity index (χ0) is 16.2. The van der Waals surface area contributed by atoms with Crippen molar-refractivity contribution in [2.45, 2.75) is 37.6 Å². The van der Waals surface area contributed by atoms with Crippen molar-refractivity contribution in [1.82, 2.24) is 4.90 Å². The molecule has 2 heteroatoms. The molecule has 23 heavy (non-hydrogen) atoms. The largest absolute Gasteiger partial charge is 0.354 e. The highest BCUT2D eigenvalue weighted by Gasteiger charge is 2.38. The van der Waals surface area contributed by atoms with Gasteiger partial charge in [0.25, 0.3) is 0 Å². The lowest BCUT2D eigenvalue weighted by atomic mass is 9.95. The number of nitrogens with zero attached hydrogens (tertiary/aromatic N) is 1. The van der Waals surface area contributed by atoms with Gasteiger partial charge in [-0.05, 0) is 31.5 Å². The first-order chi connectivity index (χ1) is 11.2. The molecule has 1 fully saturated rings. The lowest BCUT2D eigenvalue weighted by molar-refractivity contribution is -0.000325. The van der Waals surface area contributed by atoms with Crippen molar-refractivity contribution >= 4 is 0 Å². The molecule has 3 rings (SSSR count). The monoisotopic (exact) mass is 307 g/mol. The van der Waals surface area contributed by atoms with Gasteiger partial charge in [0.1, 0.15) is 6.23 Å². The van der Waals surface area contributed by atoms with E-state index < -0.39 is 0 Å². The van der Waals surface area contributed by atoms with Crippen LogP contribution in [-0.4, -0.2) is 24.2 Å². The molecule has 0 saturated carbocycles. The van der Waals surface area contributed by atoms with Crippen LogP contribution in [0.4, 0.5) is 0 Å². The molecule has 0 aromatic heterocycles. The summed E-state index contributed by atoms with van der Waals surface area (Å²) >= 11 is 0. The fourth-order valence-corrected chi connectivity index (χ4v) is 3.36. The van der Waals surface area contributed by atoms with Crippen molar-refractivity contribution in [1.29, 1.82) is 0 Å². The number of hydrogen-bond acceptors (Lipinski definition) is 2. The van der Waals surface area contributed by atoms with Crippen molar-refractivity contribution in [2.75, 3.05) is 7.05 Å². The Kier molecular flexibility index (Phi) is 4.94. The summed E-state index contributed by atoms with van der Waals surface area (Å²) in [6.45, 7) is 6.27. The van der Waals surface area contributed by atoms with Gasteiger partial charge >= 0.3 is 0 Å². The molecular weight excluding hydrogens is 282 g/mol. The molecule has 0 radical (unpaired) electrons. The van der Waals surface area contributed by atoms with Gasteiger partial charge in [0.15, 0.2) is 0 Å². The predicted molar refractivity (Wildman–Crippen MR) is 95.3 cm³/mol. The summed E-state index contributed by atoms with van der Waals surface area (Å²) in [5.41, 5.74) is 2.56. The zero-order valence-corrected chi connectivity index (χ0v) is 13.9. The normalized spacial score (nSPS) is 26.1. The maximum absolute atomic E-state index is 6.40. The summed E-state index contributed by atoms with van der Waals surface area (Å²) in [7, 11) is 2.16. The molecule has 1 aliphatic heterocycles. The molecule has 120 valence electrons. The van der Waals surface area contributed by atoms with Gasteiger partial charge in [-0.25, -0.2) is 0 Å². The van der Waals surface area contributed by atoms with Crippen LogP contribution in [0.2, 0.25) is 0 Å². The van der Waals surface area contributed by atoms with Gasteiger partial charge in [0.2, 0.25) is 0 Å². The zero-order valence-electron chi connectivity index (χ0n) is 13.9. The van der Waals surface area contributed by atoms with E-state index in [1.54, 1.807) is 0 Å². The number of rotatable bonds is 5. The Hall–Kier alpha value is -1.90. The number of likely N-dealkylation sites (N-methyl/N-ethyl adjacent to an activating group) is 1. The Morgan fingerprint density at radius 3 is 2.30 bits per heavy atom. The molecule has 0 bridgehead atoms. The fraction of sp³-hybridized carbons (Fsp3) is 0.333. The standard InChI is InChI=1S/C21H25NO/c1-4-17(18-11-7-5-8-12-18)15-20-22(3)16(2)21(23-20)19-13-9-6-10-14-19/h4-14,16-17,20-21H,1,15H2,2-3H3/t16-,17-,20-,21-/m0/s1. The third-order valence-electron chi connectivity index (χ3n) is 4.93. The van der Waals surface area contributed by atoms with Gasteiger partial charge in [0.05, 0.1) is 6.10 Å². The second-order valence-electron chi connectivity index (χ2n) is 6.32. The third kappa shape index (κ3) is 3.39. The van der Waals surface area contributed by atoms with Gasteiger partial charge < -0.3 is 4.74 Å². The molecular formula is C21H25NO. The Balaban J connectivity index is 1.74. The molecule has 2 nitrogen and oxygen atoms in total. The van der Waals surface area contributed by atoms with Crippen molar-refractivity contribution in [3.63, 3.8) is 0 Å². The molecule has 1 aliphatic rings. The Morgan fingerprint density at radius 2 is 1.70 bits per heavy atom. The van der Waals surface area contributed by atoms with E-state index in [0.29, 0.717) is 12.0 Å². The van der Waals surface area contributed by atoms with E-state index in [1.165, 1.54) is 11.1 Å². The highest BCUT2D eigenvalue weighted by atomic mass is 16.5. The maximum atomic E-state index is 6.40. The summed E-state index contributed by atoms with van der Waals surface area (Å²) in [6, 6.07) is 21.4. The van der Waals surface area contributed by atoms with E-state index in [1.807, 2.05) is 12.1 Å². The van der Waals surface area contributed by atoms with Crippen molar-refractivity contribution < 1.29 is 4.74 Å². The lowest BCUT2D eigenvalue weighted by Crippen LogP contribution is -2.32. The number of ether oxygens (including phenoxy) is 1. The van der Waals surface area contributed by atoms with Gasteiger partial charge in [-0.3, -0.25) is 4.90 Å². The quantitative estimate of drug-likeness (QED) is 0.738. The SMILES string of the molecule is C=C[C@@H](C[C@@H]1O[C@H](c2ccccc2)[C@H](C)N1C)c1ccccc1. The molecule has 0 amide bonds. The van der Waals surface area contributed by atoms with Crippen LogP contribution in [0.25, 0.3) is 0 Å². The summed E-state index contributed by atoms with van der Waals surface area (Å²) in [5, 5.41) is 0. The number of benzene rings is 2. The van der Waals surface area contributed by atoms with Gasteiger partial charge in [-0.1, -0.05) is 66.7 Å². The van der Waals surface area contributed by atoms with Gasteiger partial charge in [0, 0.05) is 12.0 Å². The van der Waals surface area contributed by atoms with E-state index in [4.69, 9.17) is 4.74 Å². The maximum Gasteiger partial charge on any atom is 0.112 e. The van der Waals surface area contributed by atoms with Crippen LogP contribution in [0, 0.1) is 0 Å². The molecule has 0 spiro atoms. The molecule has 2 aromatic rings. The second-order valence-corrected chi connectivity index (χ2v) is 6.32. The topological polar surface area (TPSA) is 12.5 Å². The van der Waals surface area contributed by atoms with Crippen LogP contribution in [0.5, 0.6) is 0 Å². The van der Waals surface area contributed by atoms with Crippen LogP contribution >= 0.6 is 0 Å². The highest BCUT2D eigenvalue weighted by molar-refractivity contribution is 5.24. The van der Waals surface area contributed by atoms with Crippen LogP contribution in [0.3, 0.4) is 0 Å². The first kappa shape index (κ1) is 16.0. The van der Waals surface area contributed by atoms with E-state index >= 15 is 0 Å². The molecule has 1 heterocycles. The van der Waals surface area contributed by atoms with E-state index in [9.17, 15) is 0 Å². The Morgan fingerprint density at radius 1 is 1.09 bits per heavy atom. The summed E-state index contributed by atoms with van der Waals surface area (Å²) in [4.78, 5) is 2.34. The smallest absolute Gasteiger partial charge is 0.112 e. The molecule has 1 saturated heterocycles. The molecule has 4 atom stereocenters. The molecule has 0 unspecified atom stereocenters. The van der Waals surface area contributed by atoms with Crippen LogP contribution in [0.1, 0.15) is 36.5 Å². The highest BCUT2D eigenvalue weighted by Crippen LogP contribution is 2.37. The van der Waals surface area contributed by atoms with Crippen molar-refractivity contribution in [3.05, 3.63) is 84.4 Å². The Labute approximate surface area is 139 Å². The summed E-state index contributed by atoms with van der Waals surface area (Å²) in [6.07, 6.45) is 3.20. The van der Waals surface area contributed by atoms with Crippen LogP contribution in [0.15, 0.2) is 73.3 Å². The molecule has 0 aliphatic carbocycles. The van der Waals surface area contributed by atoms with E-state index in [0.717, 1.165) is 6.42 Å². The van der Waals surface area contributed by atoms with Crippen LogP contribution in [-0.2, 0) is 4.74 Å². The average molecular weight is 307 g/mol. The summed E-state index contributed by atoms with van der Waals surface area (Å²) < 4.78 is 6.40. The van der Waals surface area contributed by atoms with Crippen LogP contribution < -0.4 is 0 Å². The summed E-state index contributed by atoms with van der Waals surface area (Å²) in [5.74, 6) is 0.311. The van der Waals surface area contributed by atoms with E-state index in [2.05, 4.69) is 80.0 Å². The fourth-order valence-electron chi connectivity index (χ4n) is 3.36. The van der Waals surface area contributed by atoms with Gasteiger partial charge in [-0.15, -0.1) is 6.58 Å².